The van der Waals surface area contributed by atoms with Crippen molar-refractivity contribution < 1.29 is 0 Å². The van der Waals surface area contributed by atoms with Crippen molar-refractivity contribution in [1.29, 1.82) is 0 Å². The molecule has 1 atom stereocenters. The van der Waals surface area contributed by atoms with Crippen molar-refractivity contribution in [1.82, 2.24) is 15.1 Å². The summed E-state index contributed by atoms with van der Waals surface area (Å²) in [6.07, 6.45) is 2.63. The second kappa shape index (κ2) is 9.28. The van der Waals surface area contributed by atoms with Crippen LogP contribution >= 0.6 is 15.9 Å². The molecule has 1 unspecified atom stereocenters. The molecule has 0 aliphatic carbocycles. The molecule has 1 heterocycles. The maximum Gasteiger partial charge on any atom is 0.193 e. The SMILES string of the molecule is CCN1CCCC(CNC(=NC)N(C)Cc2ccccc2Br)C1. The highest BCUT2D eigenvalue weighted by Crippen LogP contribution is 2.18. The lowest BCUT2D eigenvalue weighted by atomic mass is 9.98. The molecule has 0 saturated carbocycles. The molecule has 1 fully saturated rings. The molecule has 1 aliphatic rings. The zero-order chi connectivity index (χ0) is 16.7. The number of halogens is 1. The summed E-state index contributed by atoms with van der Waals surface area (Å²) in [4.78, 5) is 9.17. The molecule has 0 aromatic heterocycles. The maximum atomic E-state index is 4.44. The molecule has 1 aromatic carbocycles. The standard InChI is InChI=1S/C18H29BrN4/c1-4-23-11-7-8-15(13-23)12-21-18(20-2)22(3)14-16-9-5-6-10-17(16)19/h5-6,9-10,15H,4,7-8,11-14H2,1-3H3,(H,20,21). The molecule has 0 radical (unpaired) electrons. The maximum absolute atomic E-state index is 4.44. The van der Waals surface area contributed by atoms with Gasteiger partial charge in [0.2, 0.25) is 0 Å². The Labute approximate surface area is 149 Å². The zero-order valence-electron chi connectivity index (χ0n) is 14.6. The zero-order valence-corrected chi connectivity index (χ0v) is 16.1. The Kier molecular flexibility index (Phi) is 7.37. The highest BCUT2D eigenvalue weighted by molar-refractivity contribution is 9.10. The smallest absolute Gasteiger partial charge is 0.193 e. The third-order valence-electron chi connectivity index (χ3n) is 4.54. The first kappa shape index (κ1) is 18.3. The lowest BCUT2D eigenvalue weighted by Crippen LogP contribution is -2.44. The average molecular weight is 381 g/mol. The summed E-state index contributed by atoms with van der Waals surface area (Å²) in [6.45, 7) is 7.71. The van der Waals surface area contributed by atoms with Crippen molar-refractivity contribution in [2.75, 3.05) is 40.3 Å². The average Bonchev–Trinajstić information content (AvgIpc) is 2.57. The predicted molar refractivity (Wildman–Crippen MR) is 102 cm³/mol. The van der Waals surface area contributed by atoms with Gasteiger partial charge < -0.3 is 15.1 Å². The van der Waals surface area contributed by atoms with Crippen LogP contribution in [0, 0.1) is 5.92 Å². The number of hydrogen-bond acceptors (Lipinski definition) is 2. The highest BCUT2D eigenvalue weighted by Gasteiger charge is 2.19. The second-order valence-corrected chi connectivity index (χ2v) is 7.13. The van der Waals surface area contributed by atoms with Crippen LogP contribution in [0.3, 0.4) is 0 Å². The van der Waals surface area contributed by atoms with Crippen LogP contribution in [0.4, 0.5) is 0 Å². The molecule has 5 heteroatoms. The van der Waals surface area contributed by atoms with Gasteiger partial charge in [-0.25, -0.2) is 0 Å². The first-order chi connectivity index (χ1) is 11.1. The lowest BCUT2D eigenvalue weighted by Gasteiger charge is -2.33. The molecule has 23 heavy (non-hydrogen) atoms. The molecule has 1 aliphatic heterocycles. The van der Waals surface area contributed by atoms with Crippen molar-refractivity contribution in [3.05, 3.63) is 34.3 Å². The fourth-order valence-corrected chi connectivity index (χ4v) is 3.59. The number of guanidine groups is 1. The molecule has 128 valence electrons. The van der Waals surface area contributed by atoms with Gasteiger partial charge in [0, 0.05) is 38.2 Å². The van der Waals surface area contributed by atoms with Gasteiger partial charge in [-0.1, -0.05) is 41.1 Å². The van der Waals surface area contributed by atoms with E-state index in [2.05, 4.69) is 68.2 Å². The first-order valence-electron chi connectivity index (χ1n) is 8.51. The summed E-state index contributed by atoms with van der Waals surface area (Å²) in [7, 11) is 3.95. The third-order valence-corrected chi connectivity index (χ3v) is 5.31. The third kappa shape index (κ3) is 5.50. The molecular weight excluding hydrogens is 352 g/mol. The van der Waals surface area contributed by atoms with E-state index in [1.807, 2.05) is 13.1 Å². The topological polar surface area (TPSA) is 30.9 Å². The van der Waals surface area contributed by atoms with Gasteiger partial charge in [0.25, 0.3) is 0 Å². The summed E-state index contributed by atoms with van der Waals surface area (Å²) in [5.41, 5.74) is 1.27. The van der Waals surface area contributed by atoms with E-state index >= 15 is 0 Å². The normalized spacial score (nSPS) is 19.7. The van der Waals surface area contributed by atoms with Crippen LogP contribution in [0.2, 0.25) is 0 Å². The van der Waals surface area contributed by atoms with Gasteiger partial charge in [-0.15, -0.1) is 0 Å². The van der Waals surface area contributed by atoms with E-state index in [9.17, 15) is 0 Å². The summed E-state index contributed by atoms with van der Waals surface area (Å²) in [5, 5.41) is 3.56. The van der Waals surface area contributed by atoms with Gasteiger partial charge in [-0.05, 0) is 43.5 Å². The number of nitrogens with one attached hydrogen (secondary N) is 1. The number of piperidine rings is 1. The Morgan fingerprint density at radius 3 is 2.91 bits per heavy atom. The van der Waals surface area contributed by atoms with E-state index in [4.69, 9.17) is 0 Å². The van der Waals surface area contributed by atoms with E-state index in [-0.39, 0.29) is 0 Å². The quantitative estimate of drug-likeness (QED) is 0.628. The van der Waals surface area contributed by atoms with Gasteiger partial charge in [0.05, 0.1) is 0 Å². The van der Waals surface area contributed by atoms with Crippen molar-refractivity contribution in [2.24, 2.45) is 10.9 Å². The predicted octanol–water partition coefficient (Wildman–Crippen LogP) is 3.19. The number of aliphatic imine (C=N–C) groups is 1. The highest BCUT2D eigenvalue weighted by atomic mass is 79.9. The van der Waals surface area contributed by atoms with Gasteiger partial charge in [-0.2, -0.15) is 0 Å². The van der Waals surface area contributed by atoms with Crippen LogP contribution in [0.15, 0.2) is 33.7 Å². The molecule has 0 bridgehead atoms. The molecule has 2 rings (SSSR count). The minimum absolute atomic E-state index is 0.720. The number of hydrogen-bond donors (Lipinski definition) is 1. The van der Waals surface area contributed by atoms with Crippen molar-refractivity contribution in [2.45, 2.75) is 26.3 Å². The van der Waals surface area contributed by atoms with Crippen LogP contribution in [0.25, 0.3) is 0 Å². The monoisotopic (exact) mass is 380 g/mol. The minimum atomic E-state index is 0.720. The Hall–Kier alpha value is -1.07. The Morgan fingerprint density at radius 1 is 1.43 bits per heavy atom. The van der Waals surface area contributed by atoms with Gasteiger partial charge >= 0.3 is 0 Å². The van der Waals surface area contributed by atoms with Gasteiger partial charge in [-0.3, -0.25) is 4.99 Å². The lowest BCUT2D eigenvalue weighted by molar-refractivity contribution is 0.183. The van der Waals surface area contributed by atoms with Crippen molar-refractivity contribution in [3.8, 4) is 0 Å². The Balaban J connectivity index is 1.86. The molecular formula is C18H29BrN4. The van der Waals surface area contributed by atoms with E-state index in [1.54, 1.807) is 0 Å². The molecule has 0 amide bonds. The Bertz CT molecular complexity index is 517. The minimum Gasteiger partial charge on any atom is -0.356 e. The van der Waals surface area contributed by atoms with Crippen LogP contribution in [-0.2, 0) is 6.54 Å². The van der Waals surface area contributed by atoms with E-state index in [0.717, 1.165) is 36.0 Å². The van der Waals surface area contributed by atoms with Crippen LogP contribution in [0.1, 0.15) is 25.3 Å². The molecule has 1 N–H and O–H groups in total. The fraction of sp³-hybridized carbons (Fsp3) is 0.611. The van der Waals surface area contributed by atoms with Crippen LogP contribution in [0.5, 0.6) is 0 Å². The van der Waals surface area contributed by atoms with Crippen LogP contribution in [-0.4, -0.2) is 56.0 Å². The number of likely N-dealkylation sites (tertiary alicyclic amines) is 1. The van der Waals surface area contributed by atoms with E-state index in [0.29, 0.717) is 0 Å². The van der Waals surface area contributed by atoms with Gasteiger partial charge in [0.1, 0.15) is 0 Å². The van der Waals surface area contributed by atoms with Crippen molar-refractivity contribution in [3.63, 3.8) is 0 Å². The largest absolute Gasteiger partial charge is 0.356 e. The second-order valence-electron chi connectivity index (χ2n) is 6.28. The number of nitrogens with zero attached hydrogens (tertiary/aromatic N) is 3. The number of rotatable bonds is 5. The van der Waals surface area contributed by atoms with E-state index < -0.39 is 0 Å². The summed E-state index contributed by atoms with van der Waals surface area (Å²) in [6, 6.07) is 8.35. The van der Waals surface area contributed by atoms with Gasteiger partial charge in [0.15, 0.2) is 5.96 Å². The van der Waals surface area contributed by atoms with Crippen LogP contribution < -0.4 is 5.32 Å². The summed E-state index contributed by atoms with van der Waals surface area (Å²) >= 11 is 3.62. The first-order valence-corrected chi connectivity index (χ1v) is 9.30. The molecule has 1 saturated heterocycles. The fourth-order valence-electron chi connectivity index (χ4n) is 3.18. The number of benzene rings is 1. The van der Waals surface area contributed by atoms with E-state index in [1.165, 1.54) is 31.5 Å². The summed E-state index contributed by atoms with van der Waals surface area (Å²) < 4.78 is 1.15. The summed E-state index contributed by atoms with van der Waals surface area (Å²) in [5.74, 6) is 1.69. The van der Waals surface area contributed by atoms with Crippen molar-refractivity contribution >= 4 is 21.9 Å². The molecule has 1 aromatic rings. The molecule has 0 spiro atoms. The molecule has 4 nitrogen and oxygen atoms in total. The Morgan fingerprint density at radius 2 is 2.22 bits per heavy atom.